The molecule has 9 heteroatoms. The van der Waals surface area contributed by atoms with Crippen LogP contribution in [0.1, 0.15) is 23.5 Å². The van der Waals surface area contributed by atoms with Crippen LogP contribution in [0.5, 0.6) is 0 Å². The van der Waals surface area contributed by atoms with Gasteiger partial charge in [0.05, 0.1) is 11.9 Å². The van der Waals surface area contributed by atoms with Gasteiger partial charge in [0.25, 0.3) is 5.56 Å². The number of nitrogens with one attached hydrogen (secondary N) is 2. The van der Waals surface area contributed by atoms with Gasteiger partial charge in [-0.3, -0.25) is 9.59 Å². The van der Waals surface area contributed by atoms with Crippen molar-refractivity contribution in [2.45, 2.75) is 26.7 Å². The molecule has 1 amide bonds. The predicted octanol–water partition coefficient (Wildman–Crippen LogP) is 0.934. The fraction of sp³-hybridized carbons (Fsp3) is 0.250. The van der Waals surface area contributed by atoms with Gasteiger partial charge in [-0.1, -0.05) is 0 Å². The van der Waals surface area contributed by atoms with Gasteiger partial charge in [-0.25, -0.2) is 19.6 Å². The second-order valence-corrected chi connectivity index (χ2v) is 5.51. The van der Waals surface area contributed by atoms with Crippen LogP contribution in [-0.2, 0) is 11.2 Å². The monoisotopic (exact) mass is 339 g/mol. The van der Waals surface area contributed by atoms with Crippen molar-refractivity contribution < 1.29 is 4.79 Å². The number of pyridine rings is 1. The largest absolute Gasteiger partial charge is 0.325 e. The molecule has 3 aromatic heterocycles. The number of aromatic amines is 1. The first-order valence-corrected chi connectivity index (χ1v) is 7.70. The molecule has 0 radical (unpaired) electrons. The Hall–Kier alpha value is -3.36. The third-order valence-corrected chi connectivity index (χ3v) is 3.63. The van der Waals surface area contributed by atoms with Crippen LogP contribution in [0.25, 0.3) is 5.82 Å². The number of H-pyrrole nitrogens is 1. The summed E-state index contributed by atoms with van der Waals surface area (Å²) in [5, 5.41) is 6.74. The van der Waals surface area contributed by atoms with Crippen LogP contribution in [0.4, 0.5) is 5.69 Å². The number of carbonyl (C=O) groups is 1. The molecule has 0 aliphatic heterocycles. The summed E-state index contributed by atoms with van der Waals surface area (Å²) in [5.74, 6) is 0.965. The Kier molecular flexibility index (Phi) is 4.64. The molecule has 0 aromatic carbocycles. The molecule has 0 bridgehead atoms. The Bertz CT molecular complexity index is 930. The first-order valence-electron chi connectivity index (χ1n) is 7.70. The maximum atomic E-state index is 12.1. The van der Waals surface area contributed by atoms with Crippen LogP contribution >= 0.6 is 0 Å². The zero-order valence-corrected chi connectivity index (χ0v) is 13.9. The van der Waals surface area contributed by atoms with E-state index in [-0.39, 0.29) is 17.9 Å². The number of hydrogen-bond acceptors (Lipinski definition) is 6. The maximum Gasteiger partial charge on any atom is 0.254 e. The van der Waals surface area contributed by atoms with Crippen LogP contribution in [-0.4, -0.2) is 35.6 Å². The van der Waals surface area contributed by atoms with Gasteiger partial charge in [-0.05, 0) is 32.4 Å². The average molecular weight is 339 g/mol. The Balaban J connectivity index is 1.61. The molecule has 0 aliphatic carbocycles. The Morgan fingerprint density at radius 3 is 2.80 bits per heavy atom. The van der Waals surface area contributed by atoms with Crippen LogP contribution in [0.15, 0.2) is 35.8 Å². The molecule has 0 saturated carbocycles. The van der Waals surface area contributed by atoms with Gasteiger partial charge >= 0.3 is 0 Å². The summed E-state index contributed by atoms with van der Waals surface area (Å²) >= 11 is 0. The molecule has 0 saturated heterocycles. The van der Waals surface area contributed by atoms with Gasteiger partial charge in [0.1, 0.15) is 18.5 Å². The molecule has 128 valence electrons. The van der Waals surface area contributed by atoms with Gasteiger partial charge in [0.15, 0.2) is 5.82 Å². The number of hydrogen-bond donors (Lipinski definition) is 2. The number of nitrogens with zero attached hydrogens (tertiary/aromatic N) is 5. The zero-order chi connectivity index (χ0) is 17.8. The highest BCUT2D eigenvalue weighted by atomic mass is 16.1. The van der Waals surface area contributed by atoms with Crippen molar-refractivity contribution >= 4 is 11.6 Å². The fourth-order valence-corrected chi connectivity index (χ4v) is 2.43. The Morgan fingerprint density at radius 1 is 1.32 bits per heavy atom. The Morgan fingerprint density at radius 2 is 2.16 bits per heavy atom. The Labute approximate surface area is 143 Å². The number of rotatable bonds is 5. The third kappa shape index (κ3) is 3.94. The van der Waals surface area contributed by atoms with Gasteiger partial charge in [-0.15, -0.1) is 0 Å². The van der Waals surface area contributed by atoms with E-state index in [1.165, 1.54) is 17.3 Å². The van der Waals surface area contributed by atoms with Crippen molar-refractivity contribution in [3.05, 3.63) is 58.4 Å². The second kappa shape index (κ2) is 7.04. The minimum absolute atomic E-state index is 0.180. The molecule has 3 rings (SSSR count). The molecule has 0 spiro atoms. The zero-order valence-electron chi connectivity index (χ0n) is 13.9. The molecule has 3 aromatic rings. The summed E-state index contributed by atoms with van der Waals surface area (Å²) < 4.78 is 1.52. The number of amides is 1. The number of aryl methyl sites for hydroxylation is 2. The first kappa shape index (κ1) is 16.5. The highest BCUT2D eigenvalue weighted by molar-refractivity contribution is 5.90. The number of aromatic nitrogens is 6. The topological polar surface area (TPSA) is 118 Å². The molecule has 0 atom stereocenters. The number of anilines is 1. The molecule has 25 heavy (non-hydrogen) atoms. The summed E-state index contributed by atoms with van der Waals surface area (Å²) in [6, 6.07) is 3.45. The molecular weight excluding hydrogens is 322 g/mol. The van der Waals surface area contributed by atoms with Gasteiger partial charge in [0.2, 0.25) is 5.91 Å². The molecule has 2 N–H and O–H groups in total. The third-order valence-electron chi connectivity index (χ3n) is 3.63. The van der Waals surface area contributed by atoms with Crippen molar-refractivity contribution in [2.75, 3.05) is 5.32 Å². The minimum atomic E-state index is -0.199. The van der Waals surface area contributed by atoms with E-state index in [0.717, 1.165) is 0 Å². The smallest absolute Gasteiger partial charge is 0.254 e. The highest BCUT2D eigenvalue weighted by Crippen LogP contribution is 2.10. The molecular formula is C16H17N7O2. The van der Waals surface area contributed by atoms with Gasteiger partial charge in [0, 0.05) is 17.7 Å². The lowest BCUT2D eigenvalue weighted by atomic mass is 10.1. The molecule has 9 nitrogen and oxygen atoms in total. The summed E-state index contributed by atoms with van der Waals surface area (Å²) in [6.07, 6.45) is 5.00. The SMILES string of the molecule is Cc1nc(C)c(CCC(=O)Nc2ccc(-n3cncn3)nc2)c(=O)[nH]1. The van der Waals surface area contributed by atoms with Crippen LogP contribution in [0, 0.1) is 13.8 Å². The quantitative estimate of drug-likeness (QED) is 0.714. The molecule has 3 heterocycles. The van der Waals surface area contributed by atoms with Crippen molar-refractivity contribution in [1.82, 2.24) is 29.7 Å². The van der Waals surface area contributed by atoms with Gasteiger partial charge in [-0.2, -0.15) is 5.10 Å². The standard InChI is InChI=1S/C16H17N7O2/c1-10-13(16(25)21-11(2)20-10)4-6-15(24)22-12-3-5-14(18-7-12)23-9-17-8-19-23/h3,5,7-9H,4,6H2,1-2H3,(H,22,24)(H,20,21,25). The highest BCUT2D eigenvalue weighted by Gasteiger charge is 2.10. The van der Waals surface area contributed by atoms with E-state index >= 15 is 0 Å². The predicted molar refractivity (Wildman–Crippen MR) is 90.4 cm³/mol. The lowest BCUT2D eigenvalue weighted by molar-refractivity contribution is -0.116. The average Bonchev–Trinajstić information content (AvgIpc) is 3.09. The maximum absolute atomic E-state index is 12.1. The molecule has 0 fully saturated rings. The summed E-state index contributed by atoms with van der Waals surface area (Å²) in [7, 11) is 0. The molecule has 0 aliphatic rings. The summed E-state index contributed by atoms with van der Waals surface area (Å²) in [4.78, 5) is 39.0. The van der Waals surface area contributed by atoms with Crippen molar-refractivity contribution in [1.29, 1.82) is 0 Å². The van der Waals surface area contributed by atoms with E-state index in [2.05, 4.69) is 30.4 Å². The van der Waals surface area contributed by atoms with Crippen molar-refractivity contribution in [2.24, 2.45) is 0 Å². The van der Waals surface area contributed by atoms with Crippen LogP contribution < -0.4 is 10.9 Å². The normalized spacial score (nSPS) is 10.6. The molecule has 0 unspecified atom stereocenters. The van der Waals surface area contributed by atoms with E-state index in [1.54, 1.807) is 32.2 Å². The lowest BCUT2D eigenvalue weighted by Gasteiger charge is -2.07. The second-order valence-electron chi connectivity index (χ2n) is 5.51. The summed E-state index contributed by atoms with van der Waals surface area (Å²) in [6.45, 7) is 3.49. The van der Waals surface area contributed by atoms with E-state index in [4.69, 9.17) is 0 Å². The summed E-state index contributed by atoms with van der Waals surface area (Å²) in [5.41, 5.74) is 1.55. The van der Waals surface area contributed by atoms with E-state index in [1.807, 2.05) is 0 Å². The van der Waals surface area contributed by atoms with Crippen LogP contribution in [0.3, 0.4) is 0 Å². The van der Waals surface area contributed by atoms with E-state index < -0.39 is 0 Å². The minimum Gasteiger partial charge on any atom is -0.325 e. The van der Waals surface area contributed by atoms with Crippen LogP contribution in [0.2, 0.25) is 0 Å². The number of carbonyl (C=O) groups excluding carboxylic acids is 1. The van der Waals surface area contributed by atoms with Crippen molar-refractivity contribution in [3.8, 4) is 5.82 Å². The fourth-order valence-electron chi connectivity index (χ4n) is 2.43. The van der Waals surface area contributed by atoms with Crippen molar-refractivity contribution in [3.63, 3.8) is 0 Å². The lowest BCUT2D eigenvalue weighted by Crippen LogP contribution is -2.20. The van der Waals surface area contributed by atoms with E-state index in [9.17, 15) is 9.59 Å². The first-order chi connectivity index (χ1) is 12.0. The van der Waals surface area contributed by atoms with E-state index in [0.29, 0.717) is 35.0 Å². The van der Waals surface area contributed by atoms with Gasteiger partial charge < -0.3 is 10.3 Å².